The van der Waals surface area contributed by atoms with E-state index < -0.39 is 12.7 Å². The topological polar surface area (TPSA) is 58.6 Å². The molecule has 0 saturated carbocycles. The van der Waals surface area contributed by atoms with Gasteiger partial charge in [0.05, 0.1) is 6.04 Å². The standard InChI is InChI=1S/C16H20F2N2O3S/c1-2-12(11-5-3-4-6-13(11)23-15(17)18)19-14(21)7-8-20-9-10-24-16(20)22/h3-6,12,15H,2,7-10H2,1H3,(H,19,21). The van der Waals surface area contributed by atoms with Gasteiger partial charge in [-0.05, 0) is 12.5 Å². The van der Waals surface area contributed by atoms with Crippen molar-refractivity contribution in [3.8, 4) is 5.75 Å². The van der Waals surface area contributed by atoms with Gasteiger partial charge in [0.1, 0.15) is 5.75 Å². The number of halogens is 2. The maximum absolute atomic E-state index is 12.5. The average Bonchev–Trinajstić information content (AvgIpc) is 2.96. The third-order valence-corrected chi connectivity index (χ3v) is 4.60. The Morgan fingerprint density at radius 3 is 2.79 bits per heavy atom. The number of para-hydroxylation sites is 1. The van der Waals surface area contributed by atoms with Crippen molar-refractivity contribution in [1.82, 2.24) is 10.2 Å². The van der Waals surface area contributed by atoms with Crippen LogP contribution < -0.4 is 10.1 Å². The summed E-state index contributed by atoms with van der Waals surface area (Å²) in [5, 5.41) is 2.82. The lowest BCUT2D eigenvalue weighted by Crippen LogP contribution is -2.33. The van der Waals surface area contributed by atoms with Gasteiger partial charge in [0.25, 0.3) is 5.24 Å². The second kappa shape index (κ2) is 8.86. The van der Waals surface area contributed by atoms with Crippen molar-refractivity contribution in [2.45, 2.75) is 32.4 Å². The molecule has 8 heteroatoms. The molecule has 1 aromatic rings. The third kappa shape index (κ3) is 5.09. The number of hydrogen-bond acceptors (Lipinski definition) is 4. The van der Waals surface area contributed by atoms with Crippen LogP contribution in [0.4, 0.5) is 13.6 Å². The van der Waals surface area contributed by atoms with Crippen molar-refractivity contribution in [3.63, 3.8) is 0 Å². The van der Waals surface area contributed by atoms with E-state index in [1.165, 1.54) is 17.8 Å². The number of carbonyl (C=O) groups excluding carboxylic acids is 2. The number of nitrogens with one attached hydrogen (secondary N) is 1. The lowest BCUT2D eigenvalue weighted by molar-refractivity contribution is -0.122. The molecule has 0 spiro atoms. The van der Waals surface area contributed by atoms with Crippen LogP contribution in [0.3, 0.4) is 0 Å². The molecule has 5 nitrogen and oxygen atoms in total. The van der Waals surface area contributed by atoms with Crippen LogP contribution in [0, 0.1) is 0 Å². The molecule has 132 valence electrons. The smallest absolute Gasteiger partial charge is 0.387 e. The summed E-state index contributed by atoms with van der Waals surface area (Å²) in [5.41, 5.74) is 0.515. The second-order valence-electron chi connectivity index (χ2n) is 5.30. The number of alkyl halides is 2. The predicted molar refractivity (Wildman–Crippen MR) is 88.3 cm³/mol. The summed E-state index contributed by atoms with van der Waals surface area (Å²) < 4.78 is 29.5. The van der Waals surface area contributed by atoms with Crippen LogP contribution in [-0.2, 0) is 4.79 Å². The monoisotopic (exact) mass is 358 g/mol. The molecule has 1 fully saturated rings. The Kier molecular flexibility index (Phi) is 6.84. The van der Waals surface area contributed by atoms with E-state index in [1.54, 1.807) is 23.1 Å². The first kappa shape index (κ1) is 18.5. The van der Waals surface area contributed by atoms with Gasteiger partial charge >= 0.3 is 6.61 Å². The summed E-state index contributed by atoms with van der Waals surface area (Å²) in [6.07, 6.45) is 0.717. The van der Waals surface area contributed by atoms with Gasteiger partial charge in [0, 0.05) is 30.8 Å². The molecule has 1 aromatic carbocycles. The Balaban J connectivity index is 1.96. The molecule has 1 saturated heterocycles. The number of nitrogens with zero attached hydrogens (tertiary/aromatic N) is 1. The van der Waals surface area contributed by atoms with E-state index in [4.69, 9.17) is 0 Å². The van der Waals surface area contributed by atoms with E-state index in [0.29, 0.717) is 25.1 Å². The molecule has 1 aliphatic rings. The fourth-order valence-corrected chi connectivity index (χ4v) is 3.35. The first-order chi connectivity index (χ1) is 11.5. The van der Waals surface area contributed by atoms with E-state index >= 15 is 0 Å². The number of hydrogen-bond donors (Lipinski definition) is 1. The van der Waals surface area contributed by atoms with Crippen molar-refractivity contribution in [2.24, 2.45) is 0 Å². The maximum Gasteiger partial charge on any atom is 0.387 e. The minimum atomic E-state index is -2.92. The number of benzene rings is 1. The molecule has 2 rings (SSSR count). The molecule has 2 amide bonds. The Morgan fingerprint density at radius 2 is 2.17 bits per heavy atom. The molecule has 24 heavy (non-hydrogen) atoms. The molecular weight excluding hydrogens is 338 g/mol. The summed E-state index contributed by atoms with van der Waals surface area (Å²) in [7, 11) is 0. The summed E-state index contributed by atoms with van der Waals surface area (Å²) in [6, 6.07) is 6.01. The minimum Gasteiger partial charge on any atom is -0.434 e. The summed E-state index contributed by atoms with van der Waals surface area (Å²) in [6.45, 7) is -0.0504. The molecule has 0 bridgehead atoms. The van der Waals surface area contributed by atoms with Gasteiger partial charge in [-0.25, -0.2) is 0 Å². The molecule has 1 heterocycles. The van der Waals surface area contributed by atoms with Gasteiger partial charge in [-0.15, -0.1) is 0 Å². The van der Waals surface area contributed by atoms with Gasteiger partial charge < -0.3 is 15.0 Å². The van der Waals surface area contributed by atoms with Crippen LogP contribution in [0.15, 0.2) is 24.3 Å². The van der Waals surface area contributed by atoms with Crippen LogP contribution in [0.5, 0.6) is 5.75 Å². The summed E-state index contributed by atoms with van der Waals surface area (Å²) >= 11 is 1.25. The lowest BCUT2D eigenvalue weighted by atomic mass is 10.0. The highest BCUT2D eigenvalue weighted by molar-refractivity contribution is 8.13. The Hall–Kier alpha value is -1.83. The zero-order valence-electron chi connectivity index (χ0n) is 13.3. The van der Waals surface area contributed by atoms with Crippen LogP contribution in [-0.4, -0.2) is 41.5 Å². The Labute approximate surface area is 143 Å². The predicted octanol–water partition coefficient (Wildman–Crippen LogP) is 3.41. The first-order valence-electron chi connectivity index (χ1n) is 7.76. The van der Waals surface area contributed by atoms with Crippen molar-refractivity contribution in [3.05, 3.63) is 29.8 Å². The summed E-state index contributed by atoms with van der Waals surface area (Å²) in [4.78, 5) is 25.3. The normalized spacial score (nSPS) is 15.7. The van der Waals surface area contributed by atoms with E-state index in [1.807, 2.05) is 6.92 Å². The Bertz CT molecular complexity index is 586. The zero-order valence-corrected chi connectivity index (χ0v) is 14.2. The zero-order chi connectivity index (χ0) is 17.5. The van der Waals surface area contributed by atoms with Gasteiger partial charge in [0.2, 0.25) is 5.91 Å². The number of ether oxygens (including phenoxy) is 1. The number of rotatable bonds is 8. The third-order valence-electron chi connectivity index (χ3n) is 3.71. The highest BCUT2D eigenvalue weighted by atomic mass is 32.2. The molecule has 1 atom stereocenters. The van der Waals surface area contributed by atoms with Crippen molar-refractivity contribution >= 4 is 22.9 Å². The van der Waals surface area contributed by atoms with Crippen molar-refractivity contribution in [2.75, 3.05) is 18.8 Å². The van der Waals surface area contributed by atoms with Crippen LogP contribution >= 0.6 is 11.8 Å². The number of carbonyl (C=O) groups is 2. The largest absolute Gasteiger partial charge is 0.434 e. The van der Waals surface area contributed by atoms with Crippen molar-refractivity contribution < 1.29 is 23.1 Å². The SMILES string of the molecule is CCC(NC(=O)CCN1CCSC1=O)c1ccccc1OC(F)F. The Morgan fingerprint density at radius 1 is 1.42 bits per heavy atom. The van der Waals surface area contributed by atoms with Crippen molar-refractivity contribution in [1.29, 1.82) is 0 Å². The van der Waals surface area contributed by atoms with Gasteiger partial charge in [-0.1, -0.05) is 36.9 Å². The molecule has 0 aliphatic carbocycles. The fraction of sp³-hybridized carbons (Fsp3) is 0.500. The number of amides is 2. The second-order valence-corrected chi connectivity index (χ2v) is 6.34. The molecule has 1 unspecified atom stereocenters. The van der Waals surface area contributed by atoms with Gasteiger partial charge in [-0.2, -0.15) is 8.78 Å². The van der Waals surface area contributed by atoms with E-state index in [9.17, 15) is 18.4 Å². The van der Waals surface area contributed by atoms with Gasteiger partial charge in [-0.3, -0.25) is 9.59 Å². The van der Waals surface area contributed by atoms with E-state index in [2.05, 4.69) is 10.1 Å². The molecule has 0 radical (unpaired) electrons. The van der Waals surface area contributed by atoms with Crippen LogP contribution in [0.2, 0.25) is 0 Å². The quantitative estimate of drug-likeness (QED) is 0.774. The number of thioether (sulfide) groups is 1. The van der Waals surface area contributed by atoms with Crippen LogP contribution in [0.25, 0.3) is 0 Å². The molecule has 1 N–H and O–H groups in total. The summed E-state index contributed by atoms with van der Waals surface area (Å²) in [5.74, 6) is 0.584. The van der Waals surface area contributed by atoms with E-state index in [0.717, 1.165) is 5.75 Å². The van der Waals surface area contributed by atoms with Gasteiger partial charge in [0.15, 0.2) is 0 Å². The molecule has 0 aromatic heterocycles. The van der Waals surface area contributed by atoms with E-state index in [-0.39, 0.29) is 23.3 Å². The lowest BCUT2D eigenvalue weighted by Gasteiger charge is -2.21. The highest BCUT2D eigenvalue weighted by Gasteiger charge is 2.23. The highest BCUT2D eigenvalue weighted by Crippen LogP contribution is 2.28. The molecular formula is C16H20F2N2O3S. The fourth-order valence-electron chi connectivity index (χ4n) is 2.50. The maximum atomic E-state index is 12.5. The molecule has 1 aliphatic heterocycles. The average molecular weight is 358 g/mol. The minimum absolute atomic E-state index is 0.00878. The first-order valence-corrected chi connectivity index (χ1v) is 8.74. The van der Waals surface area contributed by atoms with Crippen LogP contribution in [0.1, 0.15) is 31.4 Å².